The molecule has 2 amide bonds. The molecule has 43 heavy (non-hydrogen) atoms. The van der Waals surface area contributed by atoms with Gasteiger partial charge < -0.3 is 24.3 Å². The van der Waals surface area contributed by atoms with E-state index in [0.29, 0.717) is 26.6 Å². The molecule has 0 aromatic heterocycles. The minimum absolute atomic E-state index is 0.203. The van der Waals surface area contributed by atoms with Gasteiger partial charge in [0.05, 0.1) is 29.4 Å². The molecule has 2 N–H and O–H groups in total. The van der Waals surface area contributed by atoms with Gasteiger partial charge in [-0.3, -0.25) is 9.59 Å². The number of halogens is 3. The fourth-order valence-electron chi connectivity index (χ4n) is 3.70. The number of amides is 2. The predicted octanol–water partition coefficient (Wildman–Crippen LogP) is 5.35. The lowest BCUT2D eigenvalue weighted by molar-refractivity contribution is -0.145. The summed E-state index contributed by atoms with van der Waals surface area (Å²) in [5.74, 6) is -0.684. The molecule has 0 bridgehead atoms. The zero-order valence-corrected chi connectivity index (χ0v) is 26.7. The van der Waals surface area contributed by atoms with Crippen LogP contribution in [0.4, 0.5) is 0 Å². The predicted molar refractivity (Wildman–Crippen MR) is 167 cm³/mol. The van der Waals surface area contributed by atoms with E-state index < -0.39 is 29.9 Å². The monoisotopic (exact) mass is 693 g/mol. The highest BCUT2D eigenvalue weighted by Gasteiger charge is 2.25. The van der Waals surface area contributed by atoms with Gasteiger partial charge in [0.15, 0.2) is 24.2 Å². The highest BCUT2D eigenvalue weighted by molar-refractivity contribution is 9.10. The maximum Gasteiger partial charge on any atom is 0.344 e. The molecule has 13 heteroatoms. The van der Waals surface area contributed by atoms with E-state index in [9.17, 15) is 14.4 Å². The Kier molecular flexibility index (Phi) is 13.1. The Balaban J connectivity index is 1.70. The molecule has 0 aliphatic rings. The van der Waals surface area contributed by atoms with Crippen molar-refractivity contribution in [1.29, 1.82) is 0 Å². The molecule has 228 valence electrons. The third-order valence-corrected chi connectivity index (χ3v) is 6.88. The summed E-state index contributed by atoms with van der Waals surface area (Å²) < 4.78 is 22.0. The molecule has 10 nitrogen and oxygen atoms in total. The zero-order valence-electron chi connectivity index (χ0n) is 23.6. The smallest absolute Gasteiger partial charge is 0.344 e. The van der Waals surface area contributed by atoms with Gasteiger partial charge in [0.2, 0.25) is 0 Å². The number of hydrazone groups is 1. The van der Waals surface area contributed by atoms with Crippen LogP contribution in [0.25, 0.3) is 0 Å². The number of esters is 1. The molecule has 0 radical (unpaired) electrons. The Hall–Kier alpha value is -3.80. The van der Waals surface area contributed by atoms with Gasteiger partial charge in [-0.05, 0) is 71.2 Å². The highest BCUT2D eigenvalue weighted by atomic mass is 79.9. The van der Waals surface area contributed by atoms with Gasteiger partial charge in [0.1, 0.15) is 11.8 Å². The molecular formula is C30H30BrCl2N3O7. The minimum Gasteiger partial charge on any atom is -0.493 e. The number of benzene rings is 3. The second-order valence-corrected chi connectivity index (χ2v) is 10.6. The lowest BCUT2D eigenvalue weighted by atomic mass is 10.1. The highest BCUT2D eigenvalue weighted by Crippen LogP contribution is 2.36. The molecule has 0 unspecified atom stereocenters. The quantitative estimate of drug-likeness (QED) is 0.132. The van der Waals surface area contributed by atoms with E-state index in [1.54, 1.807) is 38.1 Å². The summed E-state index contributed by atoms with van der Waals surface area (Å²) >= 11 is 15.5. The number of rotatable bonds is 14. The third kappa shape index (κ3) is 10.5. The average Bonchev–Trinajstić information content (AvgIpc) is 2.98. The molecule has 0 saturated carbocycles. The Morgan fingerprint density at radius 1 is 1.02 bits per heavy atom. The van der Waals surface area contributed by atoms with Crippen molar-refractivity contribution in [3.8, 4) is 17.2 Å². The van der Waals surface area contributed by atoms with Crippen LogP contribution < -0.4 is 25.0 Å². The van der Waals surface area contributed by atoms with Crippen LogP contribution in [-0.2, 0) is 25.5 Å². The molecular weight excluding hydrogens is 665 g/mol. The molecule has 0 saturated heterocycles. The van der Waals surface area contributed by atoms with E-state index in [0.717, 1.165) is 5.56 Å². The number of ether oxygens (including phenoxy) is 4. The largest absolute Gasteiger partial charge is 0.493 e. The number of carbonyl (C=O) groups excluding carboxylic acids is 3. The van der Waals surface area contributed by atoms with Crippen LogP contribution in [0.1, 0.15) is 25.0 Å². The first-order chi connectivity index (χ1) is 20.6. The van der Waals surface area contributed by atoms with Crippen LogP contribution in [0.2, 0.25) is 10.0 Å². The Labute approximate surface area is 267 Å². The molecule has 3 aromatic rings. The normalized spacial score (nSPS) is 12.2. The summed E-state index contributed by atoms with van der Waals surface area (Å²) in [7, 11) is 1.45. The average molecular weight is 695 g/mol. The summed E-state index contributed by atoms with van der Waals surface area (Å²) in [6.07, 6.45) is 0.632. The summed E-state index contributed by atoms with van der Waals surface area (Å²) in [6.45, 7) is 3.19. The van der Waals surface area contributed by atoms with Gasteiger partial charge in [0.25, 0.3) is 11.8 Å². The van der Waals surface area contributed by atoms with Crippen LogP contribution in [0, 0.1) is 0 Å². The lowest BCUT2D eigenvalue weighted by Crippen LogP contribution is -2.50. The minimum atomic E-state index is -0.973. The van der Waals surface area contributed by atoms with Crippen molar-refractivity contribution in [2.45, 2.75) is 32.4 Å². The maximum absolute atomic E-state index is 13.2. The fraction of sp³-hybridized carbons (Fsp3) is 0.267. The second-order valence-electron chi connectivity index (χ2n) is 8.95. The van der Waals surface area contributed by atoms with Crippen LogP contribution in [0.3, 0.4) is 0 Å². The van der Waals surface area contributed by atoms with E-state index in [4.69, 9.17) is 42.1 Å². The number of carbonyl (C=O) groups is 3. The van der Waals surface area contributed by atoms with Crippen LogP contribution >= 0.6 is 39.1 Å². The zero-order chi connectivity index (χ0) is 31.4. The fourth-order valence-corrected chi connectivity index (χ4v) is 4.73. The number of hydrogen-bond acceptors (Lipinski definition) is 8. The van der Waals surface area contributed by atoms with E-state index in [1.165, 1.54) is 19.4 Å². The van der Waals surface area contributed by atoms with Crippen molar-refractivity contribution in [3.05, 3.63) is 86.3 Å². The summed E-state index contributed by atoms with van der Waals surface area (Å²) in [4.78, 5) is 37.9. The first kappa shape index (κ1) is 33.7. The Bertz CT molecular complexity index is 1460. The van der Waals surface area contributed by atoms with Gasteiger partial charge in [-0.1, -0.05) is 53.5 Å². The van der Waals surface area contributed by atoms with Crippen LogP contribution in [-0.4, -0.2) is 56.5 Å². The van der Waals surface area contributed by atoms with Crippen molar-refractivity contribution >= 4 is 63.1 Å². The van der Waals surface area contributed by atoms with Crippen LogP contribution in [0.5, 0.6) is 17.2 Å². The molecule has 0 fully saturated rings. The lowest BCUT2D eigenvalue weighted by Gasteiger charge is -2.21. The van der Waals surface area contributed by atoms with E-state index in [-0.39, 0.29) is 30.4 Å². The molecule has 0 heterocycles. The molecule has 3 rings (SSSR count). The molecule has 0 aliphatic heterocycles. The van der Waals surface area contributed by atoms with Gasteiger partial charge in [-0.2, -0.15) is 5.10 Å². The van der Waals surface area contributed by atoms with Gasteiger partial charge in [-0.15, -0.1) is 0 Å². The Morgan fingerprint density at radius 3 is 2.44 bits per heavy atom. The van der Waals surface area contributed by atoms with Crippen molar-refractivity contribution in [2.24, 2.45) is 5.10 Å². The van der Waals surface area contributed by atoms with Crippen LogP contribution in [0.15, 0.2) is 70.2 Å². The standard InChI is InChI=1S/C30H30BrCl2N3O7/c1-4-41-27(37)17-42-28-22(31)12-20(14-26(28)40-3)16-34-36-30(39)24(13-19-8-6-5-7-9-19)35-29(38)18(2)43-25-11-10-21(32)15-23(25)33/h5-12,14-16,18,24H,4,13,17H2,1-3H3,(H,35,38)(H,36,39)/b34-16-/t18-,24+/m0/s1. The summed E-state index contributed by atoms with van der Waals surface area (Å²) in [5, 5.41) is 7.47. The topological polar surface area (TPSA) is 125 Å². The molecule has 0 aliphatic carbocycles. The summed E-state index contributed by atoms with van der Waals surface area (Å²) in [6, 6.07) is 16.2. The van der Waals surface area contributed by atoms with Crippen molar-refractivity contribution in [1.82, 2.24) is 10.7 Å². The third-order valence-electron chi connectivity index (χ3n) is 5.76. The van der Waals surface area contributed by atoms with E-state index in [1.807, 2.05) is 30.3 Å². The van der Waals surface area contributed by atoms with Gasteiger partial charge >= 0.3 is 5.97 Å². The first-order valence-electron chi connectivity index (χ1n) is 13.1. The van der Waals surface area contributed by atoms with Crippen molar-refractivity contribution < 1.29 is 33.3 Å². The Morgan fingerprint density at radius 2 is 1.77 bits per heavy atom. The van der Waals surface area contributed by atoms with Crippen molar-refractivity contribution in [3.63, 3.8) is 0 Å². The molecule has 2 atom stereocenters. The number of nitrogens with one attached hydrogen (secondary N) is 2. The number of nitrogens with zero attached hydrogens (tertiary/aromatic N) is 1. The summed E-state index contributed by atoms with van der Waals surface area (Å²) in [5.41, 5.74) is 3.86. The SMILES string of the molecule is CCOC(=O)COc1c(Br)cc(/C=N\NC(=O)[C@@H](Cc2ccccc2)NC(=O)[C@H](C)Oc2ccc(Cl)cc2Cl)cc1OC. The van der Waals surface area contributed by atoms with Crippen molar-refractivity contribution in [2.75, 3.05) is 20.3 Å². The second kappa shape index (κ2) is 16.7. The van der Waals surface area contributed by atoms with Gasteiger partial charge in [0, 0.05) is 11.4 Å². The van der Waals surface area contributed by atoms with Gasteiger partial charge in [-0.25, -0.2) is 10.2 Å². The molecule has 3 aromatic carbocycles. The number of methoxy groups -OCH3 is 1. The van der Waals surface area contributed by atoms with E-state index in [2.05, 4.69) is 31.8 Å². The molecule has 0 spiro atoms. The first-order valence-corrected chi connectivity index (χ1v) is 14.6. The number of hydrogen-bond donors (Lipinski definition) is 2. The van der Waals surface area contributed by atoms with E-state index >= 15 is 0 Å². The maximum atomic E-state index is 13.2.